The Hall–Kier alpha value is -2.08. The van der Waals surface area contributed by atoms with Gasteiger partial charge in [0.05, 0.1) is 0 Å². The summed E-state index contributed by atoms with van der Waals surface area (Å²) in [6.45, 7) is 12.1. The number of benzene rings is 4. The van der Waals surface area contributed by atoms with Crippen molar-refractivity contribution in [3.63, 3.8) is 0 Å². The molecular weight excluding hydrogens is 757 g/mol. The maximum atomic E-state index is 3.97. The summed E-state index contributed by atoms with van der Waals surface area (Å²) in [5, 5.41) is 7.94. The quantitative estimate of drug-likeness (QED) is 0.165. The first kappa shape index (κ1) is 39.9. The Balaban J connectivity index is 0.000000418. The number of rotatable bonds is 8. The van der Waals surface area contributed by atoms with Crippen molar-refractivity contribution in [3.05, 3.63) is 183 Å². The molecule has 0 aromatic heterocycles. The van der Waals surface area contributed by atoms with Gasteiger partial charge >= 0.3 is 0 Å². The molecule has 1 saturated carbocycles. The van der Waals surface area contributed by atoms with Crippen LogP contribution in [0.15, 0.2) is 121 Å². The minimum absolute atomic E-state index is 0. The van der Waals surface area contributed by atoms with E-state index in [1.807, 2.05) is 79.1 Å². The zero-order chi connectivity index (χ0) is 30.9. The van der Waals surface area contributed by atoms with E-state index in [0.29, 0.717) is 0 Å². The van der Waals surface area contributed by atoms with E-state index in [2.05, 4.69) is 132 Å². The topological polar surface area (TPSA) is 28.2 Å². The van der Waals surface area contributed by atoms with E-state index in [1.165, 1.54) is 21.9 Å². The SMILES string of the molecule is CC[N-]CC.CC[N-]CC.[CH]1[CH][CH][CH][CH][CH][CH][CH]1.[U].c1ccc([B-](c2ccccc2)(c2ccccc2)c2ccccc2)cc1. The summed E-state index contributed by atoms with van der Waals surface area (Å²) in [6, 6.07) is 43.5. The van der Waals surface area contributed by atoms with Gasteiger partial charge in [0.1, 0.15) is 6.15 Å². The molecule has 0 spiro atoms. The minimum Gasteiger partial charge on any atom is -0.663 e. The molecule has 0 atom stereocenters. The van der Waals surface area contributed by atoms with Crippen LogP contribution in [0.5, 0.6) is 0 Å². The molecule has 1 aliphatic rings. The fourth-order valence-corrected chi connectivity index (χ4v) is 5.08. The third kappa shape index (κ3) is 13.9. The maximum Gasteiger partial charge on any atom is 0.108 e. The van der Waals surface area contributed by atoms with Crippen molar-refractivity contribution >= 4 is 28.0 Å². The summed E-state index contributed by atoms with van der Waals surface area (Å²) < 4.78 is 0. The van der Waals surface area contributed by atoms with Crippen molar-refractivity contribution in [2.75, 3.05) is 26.2 Å². The Morgan fingerprint density at radius 1 is 0.341 bits per heavy atom. The number of hydrogen-bond donors (Lipinski definition) is 0. The smallest absolute Gasteiger partial charge is 0.108 e. The Labute approximate surface area is 294 Å². The van der Waals surface area contributed by atoms with E-state index < -0.39 is 6.15 Å². The molecule has 1 fully saturated rings. The molecule has 4 aromatic rings. The summed E-state index contributed by atoms with van der Waals surface area (Å²) in [7, 11) is 0. The molecule has 0 unspecified atom stereocenters. The van der Waals surface area contributed by atoms with Gasteiger partial charge in [0, 0.05) is 31.1 Å². The van der Waals surface area contributed by atoms with Gasteiger partial charge in [0.15, 0.2) is 0 Å². The summed E-state index contributed by atoms with van der Waals surface area (Å²) in [4.78, 5) is 0. The minimum atomic E-state index is -1.22. The van der Waals surface area contributed by atoms with Crippen LogP contribution in [0.1, 0.15) is 27.7 Å². The first-order valence-corrected chi connectivity index (χ1v) is 15.6. The van der Waals surface area contributed by atoms with Crippen molar-refractivity contribution in [3.8, 4) is 0 Å². The second-order valence-electron chi connectivity index (χ2n) is 9.76. The normalized spacial score (nSPS) is 12.6. The van der Waals surface area contributed by atoms with E-state index in [4.69, 9.17) is 0 Å². The Morgan fingerprint density at radius 3 is 0.659 bits per heavy atom. The molecule has 228 valence electrons. The average molecular weight is 806 g/mol. The van der Waals surface area contributed by atoms with Crippen molar-refractivity contribution < 1.29 is 31.1 Å². The van der Waals surface area contributed by atoms with E-state index in [0.717, 1.165) is 26.2 Å². The molecule has 0 heterocycles. The summed E-state index contributed by atoms with van der Waals surface area (Å²) in [5.41, 5.74) is 5.36. The van der Waals surface area contributed by atoms with Crippen LogP contribution in [0.3, 0.4) is 0 Å². The van der Waals surface area contributed by atoms with Crippen LogP contribution in [0.4, 0.5) is 0 Å². The fourth-order valence-electron chi connectivity index (χ4n) is 5.08. The average Bonchev–Trinajstić information content (AvgIpc) is 3.05. The van der Waals surface area contributed by atoms with Gasteiger partial charge in [0.25, 0.3) is 0 Å². The molecule has 5 rings (SSSR count). The van der Waals surface area contributed by atoms with Crippen LogP contribution < -0.4 is 21.9 Å². The fraction of sp³-hybridized carbons (Fsp3) is 0.200. The van der Waals surface area contributed by atoms with Gasteiger partial charge in [-0.2, -0.15) is 48.0 Å². The first-order valence-electron chi connectivity index (χ1n) is 15.6. The van der Waals surface area contributed by atoms with Crippen LogP contribution in [0.2, 0.25) is 0 Å². The molecule has 44 heavy (non-hydrogen) atoms. The van der Waals surface area contributed by atoms with Crippen LogP contribution in [-0.2, 0) is 0 Å². The zero-order valence-corrected chi connectivity index (χ0v) is 31.1. The summed E-state index contributed by atoms with van der Waals surface area (Å²) >= 11 is 0. The number of hydrogen-bond acceptors (Lipinski definition) is 0. The van der Waals surface area contributed by atoms with E-state index >= 15 is 0 Å². The van der Waals surface area contributed by atoms with Crippen molar-refractivity contribution in [2.45, 2.75) is 27.7 Å². The molecular formula is C40H48BN2U-3. The standard InChI is InChI=1S/C24H20B.C8H8.2C4H10N.U/c1-5-13-21(14-6-1)25(22-15-7-2-8-16-22,23-17-9-3-10-18-23)24-19-11-4-12-20-24;1-2-4-6-8-7-5-3-1;2*1-3-5-4-2;/h1-20H;1-8H;2*3-4H2,1-2H3;/q-1;;2*-1;. The van der Waals surface area contributed by atoms with Crippen molar-refractivity contribution in [1.29, 1.82) is 0 Å². The van der Waals surface area contributed by atoms with Crippen molar-refractivity contribution in [2.24, 2.45) is 0 Å². The Kier molecular flexibility index (Phi) is 23.8. The number of nitrogens with zero attached hydrogens (tertiary/aromatic N) is 2. The van der Waals surface area contributed by atoms with Crippen LogP contribution in [0.25, 0.3) is 10.6 Å². The van der Waals surface area contributed by atoms with E-state index in [1.54, 1.807) is 0 Å². The van der Waals surface area contributed by atoms with Crippen LogP contribution in [0, 0.1) is 82.5 Å². The van der Waals surface area contributed by atoms with Gasteiger partial charge in [-0.25, -0.2) is 0 Å². The summed E-state index contributed by atoms with van der Waals surface area (Å²) in [5.74, 6) is 0. The predicted octanol–water partition coefficient (Wildman–Crippen LogP) is 7.50. The first-order chi connectivity index (χ1) is 21.2. The second kappa shape index (κ2) is 26.2. The van der Waals surface area contributed by atoms with Crippen LogP contribution >= 0.6 is 0 Å². The van der Waals surface area contributed by atoms with Gasteiger partial charge < -0.3 is 10.6 Å². The third-order valence-corrected chi connectivity index (χ3v) is 6.98. The molecule has 0 saturated heterocycles. The second-order valence-corrected chi connectivity index (χ2v) is 9.76. The largest absolute Gasteiger partial charge is 0.663 e. The molecule has 0 amide bonds. The molecule has 0 N–H and O–H groups in total. The van der Waals surface area contributed by atoms with Gasteiger partial charge in [-0.05, 0) is 51.4 Å². The molecule has 0 aliphatic heterocycles. The van der Waals surface area contributed by atoms with Gasteiger partial charge in [-0.3, -0.25) is 0 Å². The molecule has 8 radical (unpaired) electrons. The molecule has 4 heteroatoms. The van der Waals surface area contributed by atoms with Gasteiger partial charge in [-0.15, -0.1) is 0 Å². The monoisotopic (exact) mass is 805 g/mol. The Bertz CT molecular complexity index is 960. The molecule has 4 aromatic carbocycles. The summed E-state index contributed by atoms with van der Waals surface area (Å²) in [6.07, 6.45) is 14.8. The van der Waals surface area contributed by atoms with Crippen LogP contribution in [-0.4, -0.2) is 32.3 Å². The predicted molar refractivity (Wildman–Crippen MR) is 193 cm³/mol. The molecule has 1 aliphatic carbocycles. The van der Waals surface area contributed by atoms with E-state index in [-0.39, 0.29) is 31.1 Å². The Morgan fingerprint density at radius 2 is 0.523 bits per heavy atom. The molecule has 2 nitrogen and oxygen atoms in total. The van der Waals surface area contributed by atoms with Gasteiger partial charge in [-0.1, -0.05) is 149 Å². The zero-order valence-electron chi connectivity index (χ0n) is 27.0. The van der Waals surface area contributed by atoms with E-state index in [9.17, 15) is 0 Å². The third-order valence-electron chi connectivity index (χ3n) is 6.98. The maximum absolute atomic E-state index is 3.97. The molecule has 0 bridgehead atoms. The van der Waals surface area contributed by atoms with Crippen molar-refractivity contribution in [1.82, 2.24) is 0 Å². The van der Waals surface area contributed by atoms with Gasteiger partial charge in [0.2, 0.25) is 0 Å².